The maximum atomic E-state index is 10.6. The molecule has 0 amide bonds. The second kappa shape index (κ2) is 5.64. The number of halogens is 1. The molecule has 5 heteroatoms. The maximum absolute atomic E-state index is 10.6. The maximum Gasteiger partial charge on any atom is 0.186 e. The van der Waals surface area contributed by atoms with Gasteiger partial charge in [-0.25, -0.2) is 4.98 Å². The summed E-state index contributed by atoms with van der Waals surface area (Å²) in [6, 6.07) is 3.34. The number of aromatic nitrogens is 1. The van der Waals surface area contributed by atoms with Gasteiger partial charge in [-0.05, 0) is 18.1 Å². The molecule has 1 aromatic rings. The zero-order valence-corrected chi connectivity index (χ0v) is 9.65. The highest BCUT2D eigenvalue weighted by Crippen LogP contribution is 2.14. The molecule has 0 fully saturated rings. The summed E-state index contributed by atoms with van der Waals surface area (Å²) >= 11 is 6.87. The predicted octanol–water partition coefficient (Wildman–Crippen LogP) is 1.95. The molecule has 0 aliphatic carbocycles. The van der Waals surface area contributed by atoms with Gasteiger partial charge in [-0.15, -0.1) is 0 Å². The summed E-state index contributed by atoms with van der Waals surface area (Å²) in [5, 5.41) is 0.300. The summed E-state index contributed by atoms with van der Waals surface area (Å²) in [5.41, 5.74) is 6.48. The smallest absolute Gasteiger partial charge is 0.186 e. The number of rotatable bonds is 1. The lowest BCUT2D eigenvalue weighted by atomic mass is 10.3. The number of pyridine rings is 1. The second-order valence-electron chi connectivity index (χ2n) is 2.66. The first-order chi connectivity index (χ1) is 7.09. The summed E-state index contributed by atoms with van der Waals surface area (Å²) in [7, 11) is 0. The number of nitrogen functional groups attached to an aromatic ring is 1. The molecule has 0 aromatic carbocycles. The Balaban J connectivity index is 2.64. The molecule has 0 aliphatic heterocycles. The lowest BCUT2D eigenvalue weighted by molar-refractivity contribution is -0.109. The zero-order chi connectivity index (χ0) is 11.3. The largest absolute Gasteiger partial charge is 0.396 e. The van der Waals surface area contributed by atoms with E-state index in [9.17, 15) is 4.79 Å². The molecule has 0 saturated carbocycles. The summed E-state index contributed by atoms with van der Waals surface area (Å²) in [6.07, 6.45) is 0. The molecule has 0 aliphatic rings. The van der Waals surface area contributed by atoms with Crippen LogP contribution in [0.3, 0.4) is 0 Å². The highest BCUT2D eigenvalue weighted by Gasteiger charge is 1.96. The number of nitrogens with zero attached hydrogens (tertiary/aromatic N) is 1. The highest BCUT2D eigenvalue weighted by atomic mass is 35.5. The van der Waals surface area contributed by atoms with Gasteiger partial charge in [0.15, 0.2) is 10.3 Å². The number of hydrogen-bond donors (Lipinski definition) is 1. The standard InChI is InChI=1S/C10H9ClN2OS/c1-7(14)15-6-2-3-8-4-5-9(12)10(11)13-8/h4-5H,6,12H2,1H3. The van der Waals surface area contributed by atoms with Crippen molar-refractivity contribution in [3.8, 4) is 11.8 Å². The highest BCUT2D eigenvalue weighted by molar-refractivity contribution is 8.13. The monoisotopic (exact) mass is 240 g/mol. The van der Waals surface area contributed by atoms with Gasteiger partial charge < -0.3 is 5.73 Å². The number of hydrogen-bond acceptors (Lipinski definition) is 4. The Bertz CT molecular complexity index is 437. The molecule has 0 unspecified atom stereocenters. The minimum absolute atomic E-state index is 0.0487. The van der Waals surface area contributed by atoms with Crippen molar-refractivity contribution in [2.24, 2.45) is 0 Å². The molecule has 0 saturated heterocycles. The van der Waals surface area contributed by atoms with Crippen LogP contribution in [0.15, 0.2) is 12.1 Å². The lowest BCUT2D eigenvalue weighted by Gasteiger charge is -1.95. The van der Waals surface area contributed by atoms with Crippen LogP contribution in [0.5, 0.6) is 0 Å². The molecule has 1 aromatic heterocycles. The van der Waals surface area contributed by atoms with Gasteiger partial charge in [-0.1, -0.05) is 29.3 Å². The van der Waals surface area contributed by atoms with E-state index in [0.29, 0.717) is 17.1 Å². The number of thioether (sulfide) groups is 1. The SMILES string of the molecule is CC(=O)SCC#Cc1ccc(N)c(Cl)n1. The Labute approximate surface area is 97.4 Å². The van der Waals surface area contributed by atoms with Gasteiger partial charge in [0.05, 0.1) is 11.4 Å². The average molecular weight is 241 g/mol. The van der Waals surface area contributed by atoms with Crippen LogP contribution in [0, 0.1) is 11.8 Å². The Morgan fingerprint density at radius 3 is 3.00 bits per heavy atom. The molecule has 0 atom stereocenters. The molecular formula is C10H9ClN2OS. The second-order valence-corrected chi connectivity index (χ2v) is 4.17. The number of nitrogens with two attached hydrogens (primary N) is 1. The normalized spacial score (nSPS) is 9.20. The fourth-order valence-electron chi connectivity index (χ4n) is 0.779. The molecule has 78 valence electrons. The Kier molecular flexibility index (Phi) is 4.47. The van der Waals surface area contributed by atoms with E-state index >= 15 is 0 Å². The number of carbonyl (C=O) groups excluding carboxylic acids is 1. The lowest BCUT2D eigenvalue weighted by Crippen LogP contribution is -1.91. The molecule has 0 bridgehead atoms. The quantitative estimate of drug-likeness (QED) is 0.602. The molecule has 0 spiro atoms. The van der Waals surface area contributed by atoms with E-state index in [1.165, 1.54) is 6.92 Å². The van der Waals surface area contributed by atoms with Crippen molar-refractivity contribution in [3.63, 3.8) is 0 Å². The summed E-state index contributed by atoms with van der Waals surface area (Å²) in [6.45, 7) is 1.50. The fourth-order valence-corrected chi connectivity index (χ4v) is 1.28. The molecule has 2 N–H and O–H groups in total. The zero-order valence-electron chi connectivity index (χ0n) is 8.08. The van der Waals surface area contributed by atoms with Crippen molar-refractivity contribution in [2.75, 3.05) is 11.5 Å². The van der Waals surface area contributed by atoms with E-state index in [1.807, 2.05) is 0 Å². The fraction of sp³-hybridized carbons (Fsp3) is 0.200. The van der Waals surface area contributed by atoms with Crippen molar-refractivity contribution in [1.82, 2.24) is 4.98 Å². The molecule has 1 heterocycles. The summed E-state index contributed by atoms with van der Waals surface area (Å²) < 4.78 is 0. The van der Waals surface area contributed by atoms with E-state index in [1.54, 1.807) is 12.1 Å². The first kappa shape index (κ1) is 11.9. The molecule has 15 heavy (non-hydrogen) atoms. The van der Waals surface area contributed by atoms with Crippen LogP contribution in [-0.4, -0.2) is 15.9 Å². The van der Waals surface area contributed by atoms with Gasteiger partial charge in [-0.3, -0.25) is 4.79 Å². The Morgan fingerprint density at radius 1 is 1.67 bits per heavy atom. The Hall–Kier alpha value is -1.18. The van der Waals surface area contributed by atoms with Crippen LogP contribution in [0.4, 0.5) is 5.69 Å². The molecule has 0 radical (unpaired) electrons. The van der Waals surface area contributed by atoms with Crippen molar-refractivity contribution < 1.29 is 4.79 Å². The first-order valence-corrected chi connectivity index (χ1v) is 5.50. The van der Waals surface area contributed by atoms with Crippen molar-refractivity contribution in [3.05, 3.63) is 23.0 Å². The minimum atomic E-state index is 0.0487. The van der Waals surface area contributed by atoms with Gasteiger partial charge in [0, 0.05) is 6.92 Å². The van der Waals surface area contributed by atoms with Crippen LogP contribution < -0.4 is 5.73 Å². The predicted molar refractivity (Wildman–Crippen MR) is 63.7 cm³/mol. The average Bonchev–Trinajstić information content (AvgIpc) is 2.18. The van der Waals surface area contributed by atoms with Gasteiger partial charge >= 0.3 is 0 Å². The topological polar surface area (TPSA) is 56.0 Å². The third-order valence-corrected chi connectivity index (χ3v) is 2.44. The van der Waals surface area contributed by atoms with E-state index < -0.39 is 0 Å². The van der Waals surface area contributed by atoms with Gasteiger partial charge in [0.25, 0.3) is 0 Å². The number of carbonyl (C=O) groups is 1. The Morgan fingerprint density at radius 2 is 2.40 bits per heavy atom. The van der Waals surface area contributed by atoms with Crippen molar-refractivity contribution in [2.45, 2.75) is 6.92 Å². The third-order valence-electron chi connectivity index (χ3n) is 1.44. The van der Waals surface area contributed by atoms with E-state index in [4.69, 9.17) is 17.3 Å². The molecule has 3 nitrogen and oxygen atoms in total. The van der Waals surface area contributed by atoms with Crippen molar-refractivity contribution >= 4 is 34.2 Å². The summed E-state index contributed by atoms with van der Waals surface area (Å²) in [5.74, 6) is 6.06. The van der Waals surface area contributed by atoms with Gasteiger partial charge in [-0.2, -0.15) is 0 Å². The number of anilines is 1. The van der Waals surface area contributed by atoms with Crippen molar-refractivity contribution in [1.29, 1.82) is 0 Å². The first-order valence-electron chi connectivity index (χ1n) is 4.14. The van der Waals surface area contributed by atoms with E-state index in [0.717, 1.165) is 11.8 Å². The molecule has 1 rings (SSSR count). The van der Waals surface area contributed by atoms with E-state index in [2.05, 4.69) is 16.8 Å². The van der Waals surface area contributed by atoms with Crippen LogP contribution >= 0.6 is 23.4 Å². The van der Waals surface area contributed by atoms with Crippen LogP contribution in [-0.2, 0) is 4.79 Å². The van der Waals surface area contributed by atoms with Crippen LogP contribution in [0.25, 0.3) is 0 Å². The van der Waals surface area contributed by atoms with E-state index in [-0.39, 0.29) is 10.3 Å². The van der Waals surface area contributed by atoms with Crippen LogP contribution in [0.2, 0.25) is 5.15 Å². The van der Waals surface area contributed by atoms with Gasteiger partial charge in [0.2, 0.25) is 0 Å². The third kappa shape index (κ3) is 4.24. The molecular weight excluding hydrogens is 232 g/mol. The minimum Gasteiger partial charge on any atom is -0.396 e. The van der Waals surface area contributed by atoms with Gasteiger partial charge in [0.1, 0.15) is 5.69 Å². The summed E-state index contributed by atoms with van der Waals surface area (Å²) in [4.78, 5) is 14.6. The van der Waals surface area contributed by atoms with Crippen LogP contribution in [0.1, 0.15) is 12.6 Å².